The molecule has 0 spiro atoms. The maximum absolute atomic E-state index is 12.9. The van der Waals surface area contributed by atoms with Gasteiger partial charge in [0.15, 0.2) is 4.90 Å². The van der Waals surface area contributed by atoms with Gasteiger partial charge in [0.05, 0.1) is 15.9 Å². The maximum Gasteiger partial charge on any atom is 0.296 e. The molecule has 0 heterocycles. The number of alkyl halides is 1. The van der Waals surface area contributed by atoms with Crippen molar-refractivity contribution in [2.45, 2.75) is 11.1 Å². The molecule has 0 amide bonds. The molecule has 21 heavy (non-hydrogen) atoms. The molecule has 1 aromatic rings. The average Bonchev–Trinajstić information content (AvgIpc) is 2.43. The molecular weight excluding hydrogens is 309 g/mol. The SMILES string of the molecule is C=C[C@@H](F)CNS(=O)(=O)c1ccc([N+](=O)[O-])cc1[N+](=O)[O-]. The van der Waals surface area contributed by atoms with E-state index >= 15 is 0 Å². The maximum atomic E-state index is 12.9. The van der Waals surface area contributed by atoms with Crippen molar-refractivity contribution < 1.29 is 22.7 Å². The number of hydrogen-bond acceptors (Lipinski definition) is 6. The van der Waals surface area contributed by atoms with E-state index in [1.165, 1.54) is 0 Å². The molecule has 0 aliphatic carbocycles. The molecule has 0 saturated carbocycles. The van der Waals surface area contributed by atoms with Crippen LogP contribution in [0.1, 0.15) is 0 Å². The van der Waals surface area contributed by atoms with Gasteiger partial charge in [-0.2, -0.15) is 0 Å². The number of rotatable bonds is 7. The van der Waals surface area contributed by atoms with Crippen molar-refractivity contribution in [3.8, 4) is 0 Å². The predicted octanol–water partition coefficient (Wildman–Crippen LogP) is 1.31. The summed E-state index contributed by atoms with van der Waals surface area (Å²) in [6.07, 6.45) is -0.816. The quantitative estimate of drug-likeness (QED) is 0.457. The Morgan fingerprint density at radius 3 is 2.43 bits per heavy atom. The van der Waals surface area contributed by atoms with Crippen molar-refractivity contribution in [2.75, 3.05) is 6.54 Å². The lowest BCUT2D eigenvalue weighted by Crippen LogP contribution is -2.30. The lowest BCUT2D eigenvalue weighted by Gasteiger charge is -2.08. The molecular formula is C10H10FN3O6S. The Morgan fingerprint density at radius 2 is 1.95 bits per heavy atom. The highest BCUT2D eigenvalue weighted by atomic mass is 32.2. The number of non-ortho nitro benzene ring substituents is 1. The summed E-state index contributed by atoms with van der Waals surface area (Å²) in [4.78, 5) is 18.6. The van der Waals surface area contributed by atoms with Crippen LogP contribution in [0.2, 0.25) is 0 Å². The number of nitro groups is 2. The number of hydrogen-bond donors (Lipinski definition) is 1. The van der Waals surface area contributed by atoms with Gasteiger partial charge >= 0.3 is 0 Å². The summed E-state index contributed by atoms with van der Waals surface area (Å²) in [6, 6.07) is 2.05. The Hall–Kier alpha value is -2.40. The molecule has 11 heteroatoms. The van der Waals surface area contributed by atoms with Crippen molar-refractivity contribution in [1.29, 1.82) is 0 Å². The zero-order valence-corrected chi connectivity index (χ0v) is 11.2. The first-order chi connectivity index (χ1) is 9.69. The first-order valence-corrected chi connectivity index (χ1v) is 6.86. The molecule has 0 radical (unpaired) electrons. The van der Waals surface area contributed by atoms with Crippen LogP contribution in [-0.4, -0.2) is 31.0 Å². The number of halogens is 1. The van der Waals surface area contributed by atoms with Gasteiger partial charge in [-0.15, -0.1) is 6.58 Å². The first kappa shape index (κ1) is 16.7. The number of sulfonamides is 1. The Balaban J connectivity index is 3.25. The molecule has 0 saturated heterocycles. The van der Waals surface area contributed by atoms with Gasteiger partial charge in [-0.25, -0.2) is 17.5 Å². The Bertz CT molecular complexity index is 690. The van der Waals surface area contributed by atoms with Crippen molar-refractivity contribution in [3.05, 3.63) is 51.1 Å². The smallest absolute Gasteiger partial charge is 0.258 e. The van der Waals surface area contributed by atoms with E-state index in [4.69, 9.17) is 0 Å². The highest BCUT2D eigenvalue weighted by Gasteiger charge is 2.28. The molecule has 1 rings (SSSR count). The number of nitro benzene ring substituents is 2. The van der Waals surface area contributed by atoms with Crippen molar-refractivity contribution >= 4 is 21.4 Å². The lowest BCUT2D eigenvalue weighted by molar-refractivity contribution is -0.396. The van der Waals surface area contributed by atoms with Crippen LogP contribution in [-0.2, 0) is 10.0 Å². The van der Waals surface area contributed by atoms with Gasteiger partial charge < -0.3 is 0 Å². The summed E-state index contributed by atoms with van der Waals surface area (Å²) in [7, 11) is -4.39. The predicted molar refractivity (Wildman–Crippen MR) is 70.0 cm³/mol. The van der Waals surface area contributed by atoms with E-state index < -0.39 is 48.9 Å². The summed E-state index contributed by atoms with van der Waals surface area (Å²) in [5.41, 5.74) is -1.60. The second kappa shape index (κ2) is 6.37. The summed E-state index contributed by atoms with van der Waals surface area (Å²) < 4.78 is 38.5. The van der Waals surface area contributed by atoms with Gasteiger partial charge in [0.25, 0.3) is 11.4 Å². The average molecular weight is 319 g/mol. The molecule has 0 aliphatic heterocycles. The molecule has 0 aromatic heterocycles. The minimum Gasteiger partial charge on any atom is -0.258 e. The highest BCUT2D eigenvalue weighted by Crippen LogP contribution is 2.28. The Morgan fingerprint density at radius 1 is 1.33 bits per heavy atom. The van der Waals surface area contributed by atoms with E-state index in [9.17, 15) is 33.0 Å². The fraction of sp³-hybridized carbons (Fsp3) is 0.200. The van der Waals surface area contributed by atoms with Gasteiger partial charge in [-0.1, -0.05) is 6.08 Å². The topological polar surface area (TPSA) is 132 Å². The van der Waals surface area contributed by atoms with Crippen LogP contribution in [0.4, 0.5) is 15.8 Å². The normalized spacial score (nSPS) is 12.6. The second-order valence-electron chi connectivity index (χ2n) is 3.77. The molecule has 0 aliphatic rings. The van der Waals surface area contributed by atoms with Crippen LogP contribution in [0.25, 0.3) is 0 Å². The fourth-order valence-corrected chi connectivity index (χ4v) is 2.53. The summed E-state index contributed by atoms with van der Waals surface area (Å²) >= 11 is 0. The van der Waals surface area contributed by atoms with Gasteiger partial charge in [0.1, 0.15) is 6.17 Å². The van der Waals surface area contributed by atoms with E-state index in [0.29, 0.717) is 6.07 Å². The molecule has 0 bridgehead atoms. The Kier molecular flexibility index (Phi) is 5.05. The second-order valence-corrected chi connectivity index (χ2v) is 5.51. The fourth-order valence-electron chi connectivity index (χ4n) is 1.34. The van der Waals surface area contributed by atoms with E-state index in [0.717, 1.165) is 18.2 Å². The zero-order valence-electron chi connectivity index (χ0n) is 10.4. The van der Waals surface area contributed by atoms with Crippen LogP contribution in [0, 0.1) is 20.2 Å². The number of nitrogens with one attached hydrogen (secondary N) is 1. The summed E-state index contributed by atoms with van der Waals surface area (Å²) in [6.45, 7) is 2.46. The minimum atomic E-state index is -4.39. The third kappa shape index (κ3) is 4.03. The van der Waals surface area contributed by atoms with Crippen LogP contribution in [0.15, 0.2) is 35.7 Å². The molecule has 1 N–H and O–H groups in total. The summed E-state index contributed by atoms with van der Waals surface area (Å²) in [5.74, 6) is 0. The van der Waals surface area contributed by atoms with Gasteiger partial charge in [0, 0.05) is 12.6 Å². The Labute approximate surface area is 118 Å². The van der Waals surface area contributed by atoms with Gasteiger partial charge in [-0.3, -0.25) is 20.2 Å². The first-order valence-electron chi connectivity index (χ1n) is 5.38. The third-order valence-corrected chi connectivity index (χ3v) is 3.83. The van der Waals surface area contributed by atoms with E-state index in [1.807, 2.05) is 4.72 Å². The van der Waals surface area contributed by atoms with E-state index in [2.05, 4.69) is 6.58 Å². The van der Waals surface area contributed by atoms with Gasteiger partial charge in [0.2, 0.25) is 10.0 Å². The molecule has 0 fully saturated rings. The third-order valence-electron chi connectivity index (χ3n) is 2.36. The number of nitrogens with zero attached hydrogens (tertiary/aromatic N) is 2. The minimum absolute atomic E-state index is 0.523. The van der Waals surface area contributed by atoms with Crippen LogP contribution in [0.3, 0.4) is 0 Å². The largest absolute Gasteiger partial charge is 0.296 e. The zero-order chi connectivity index (χ0) is 16.2. The molecule has 9 nitrogen and oxygen atoms in total. The van der Waals surface area contributed by atoms with Gasteiger partial charge in [-0.05, 0) is 6.07 Å². The number of benzene rings is 1. The highest BCUT2D eigenvalue weighted by molar-refractivity contribution is 7.89. The molecule has 0 unspecified atom stereocenters. The van der Waals surface area contributed by atoms with Crippen LogP contribution in [0.5, 0.6) is 0 Å². The van der Waals surface area contributed by atoms with E-state index in [-0.39, 0.29) is 0 Å². The van der Waals surface area contributed by atoms with Crippen molar-refractivity contribution in [2.24, 2.45) is 0 Å². The summed E-state index contributed by atoms with van der Waals surface area (Å²) in [5, 5.41) is 21.4. The van der Waals surface area contributed by atoms with E-state index in [1.54, 1.807) is 0 Å². The molecule has 114 valence electrons. The van der Waals surface area contributed by atoms with Crippen molar-refractivity contribution in [1.82, 2.24) is 4.72 Å². The lowest BCUT2D eigenvalue weighted by atomic mass is 10.3. The van der Waals surface area contributed by atoms with Crippen LogP contribution < -0.4 is 4.72 Å². The standard InChI is InChI=1S/C10H10FN3O6S/c1-2-7(11)6-12-21(19,20)10-4-3-8(13(15)16)5-9(10)14(17)18/h2-5,7,12H,1,6H2/t7-/m1/s1. The molecule has 1 atom stereocenters. The van der Waals surface area contributed by atoms with Crippen LogP contribution >= 0.6 is 0 Å². The molecule has 1 aromatic carbocycles. The monoisotopic (exact) mass is 319 g/mol. The van der Waals surface area contributed by atoms with Crippen molar-refractivity contribution in [3.63, 3.8) is 0 Å².